The van der Waals surface area contributed by atoms with Crippen LogP contribution in [0.1, 0.15) is 20.3 Å². The molecule has 1 saturated heterocycles. The molecule has 2 nitrogen and oxygen atoms in total. The maximum Gasteiger partial charge on any atom is 0.174 e. The van der Waals surface area contributed by atoms with Gasteiger partial charge in [-0.1, -0.05) is 26.0 Å². The Labute approximate surface area is 66.9 Å². The number of aliphatic hydroxyl groups is 1. The lowest BCUT2D eigenvalue weighted by Gasteiger charge is -2.33. The molecule has 0 amide bonds. The molecule has 0 radical (unpaired) electrons. The van der Waals surface area contributed by atoms with E-state index in [0.717, 1.165) is 6.42 Å². The fourth-order valence-electron chi connectivity index (χ4n) is 1.95. The van der Waals surface area contributed by atoms with Crippen molar-refractivity contribution >= 4 is 0 Å². The predicted octanol–water partition coefficient (Wildman–Crippen LogP) is 1.31. The Bertz CT molecular complexity index is 198. The monoisotopic (exact) mass is 154 g/mol. The van der Waals surface area contributed by atoms with Crippen LogP contribution in [0.3, 0.4) is 0 Å². The van der Waals surface area contributed by atoms with Crippen molar-refractivity contribution in [1.82, 2.24) is 0 Å². The van der Waals surface area contributed by atoms with Crippen molar-refractivity contribution in [2.45, 2.75) is 32.2 Å². The molecular weight excluding hydrogens is 140 g/mol. The van der Waals surface area contributed by atoms with Gasteiger partial charge in [-0.15, -0.1) is 0 Å². The fraction of sp³-hybridized carbons (Fsp3) is 0.778. The summed E-state index contributed by atoms with van der Waals surface area (Å²) in [7, 11) is 0. The standard InChI is InChI=1S/C9H14O2/c1-6(2)9(10)7-3-4-8(5-7)11-9/h3-4,6-8,10H,5H2,1-2H3. The van der Waals surface area contributed by atoms with Crippen LogP contribution in [-0.4, -0.2) is 17.0 Å². The van der Waals surface area contributed by atoms with E-state index in [1.165, 1.54) is 0 Å². The topological polar surface area (TPSA) is 29.5 Å². The van der Waals surface area contributed by atoms with Gasteiger partial charge in [0.2, 0.25) is 0 Å². The minimum Gasteiger partial charge on any atom is -0.365 e. The minimum absolute atomic E-state index is 0.174. The fourth-order valence-corrected chi connectivity index (χ4v) is 1.95. The van der Waals surface area contributed by atoms with E-state index in [1.54, 1.807) is 0 Å². The maximum atomic E-state index is 9.99. The molecule has 1 heterocycles. The Hall–Kier alpha value is -0.340. The first-order chi connectivity index (χ1) is 5.13. The van der Waals surface area contributed by atoms with E-state index in [0.29, 0.717) is 0 Å². The molecule has 0 aromatic carbocycles. The van der Waals surface area contributed by atoms with Crippen molar-refractivity contribution in [2.24, 2.45) is 11.8 Å². The molecule has 11 heavy (non-hydrogen) atoms. The molecule has 1 fully saturated rings. The number of hydrogen-bond donors (Lipinski definition) is 1. The summed E-state index contributed by atoms with van der Waals surface area (Å²) in [5, 5.41) is 9.99. The second kappa shape index (κ2) is 2.08. The zero-order valence-electron chi connectivity index (χ0n) is 6.95. The summed E-state index contributed by atoms with van der Waals surface area (Å²) in [4.78, 5) is 0. The van der Waals surface area contributed by atoms with E-state index in [-0.39, 0.29) is 17.9 Å². The summed E-state index contributed by atoms with van der Waals surface area (Å²) in [6.07, 6.45) is 5.26. The van der Waals surface area contributed by atoms with Crippen molar-refractivity contribution in [3.63, 3.8) is 0 Å². The average Bonchev–Trinajstić information content (AvgIpc) is 2.45. The van der Waals surface area contributed by atoms with Crippen LogP contribution >= 0.6 is 0 Å². The lowest BCUT2D eigenvalue weighted by molar-refractivity contribution is -0.230. The van der Waals surface area contributed by atoms with Gasteiger partial charge in [0, 0.05) is 11.8 Å². The largest absolute Gasteiger partial charge is 0.365 e. The van der Waals surface area contributed by atoms with Crippen LogP contribution in [0.2, 0.25) is 0 Å². The van der Waals surface area contributed by atoms with E-state index in [1.807, 2.05) is 19.9 Å². The first-order valence-corrected chi connectivity index (χ1v) is 4.21. The molecule has 1 N–H and O–H groups in total. The Kier molecular flexibility index (Phi) is 1.38. The summed E-state index contributed by atoms with van der Waals surface area (Å²) in [5.74, 6) is -0.464. The predicted molar refractivity (Wildman–Crippen MR) is 41.9 cm³/mol. The lowest BCUT2D eigenvalue weighted by atomic mass is 9.90. The third-order valence-corrected chi connectivity index (χ3v) is 2.74. The van der Waals surface area contributed by atoms with Gasteiger partial charge in [-0.05, 0) is 6.42 Å². The first kappa shape index (κ1) is 7.32. The van der Waals surface area contributed by atoms with Crippen LogP contribution in [0.25, 0.3) is 0 Å². The second-order valence-corrected chi connectivity index (χ2v) is 3.79. The van der Waals surface area contributed by atoms with Gasteiger partial charge < -0.3 is 9.84 Å². The van der Waals surface area contributed by atoms with Crippen LogP contribution < -0.4 is 0 Å². The number of rotatable bonds is 1. The van der Waals surface area contributed by atoms with Gasteiger partial charge >= 0.3 is 0 Å². The molecule has 0 saturated carbocycles. The summed E-state index contributed by atoms with van der Waals surface area (Å²) in [5.41, 5.74) is 0. The molecule has 62 valence electrons. The van der Waals surface area contributed by atoms with Gasteiger partial charge in [0.05, 0.1) is 6.10 Å². The molecule has 2 aliphatic rings. The summed E-state index contributed by atoms with van der Waals surface area (Å²) >= 11 is 0. The molecule has 0 aromatic heterocycles. The number of hydrogen-bond acceptors (Lipinski definition) is 2. The van der Waals surface area contributed by atoms with Gasteiger partial charge in [-0.2, -0.15) is 0 Å². The zero-order chi connectivity index (χ0) is 8.06. The zero-order valence-corrected chi connectivity index (χ0v) is 6.95. The third kappa shape index (κ3) is 0.861. The molecule has 2 heteroatoms. The highest BCUT2D eigenvalue weighted by molar-refractivity contribution is 5.13. The SMILES string of the molecule is CC(C)C1(O)OC2C=CC1C2. The Morgan fingerprint density at radius 1 is 1.55 bits per heavy atom. The van der Waals surface area contributed by atoms with E-state index in [9.17, 15) is 5.11 Å². The highest BCUT2D eigenvalue weighted by atomic mass is 16.6. The average molecular weight is 154 g/mol. The van der Waals surface area contributed by atoms with Crippen molar-refractivity contribution in [2.75, 3.05) is 0 Å². The Morgan fingerprint density at radius 3 is 2.55 bits per heavy atom. The van der Waals surface area contributed by atoms with Crippen LogP contribution in [0, 0.1) is 11.8 Å². The number of fused-ring (bicyclic) bond motifs is 2. The maximum absolute atomic E-state index is 9.99. The third-order valence-electron chi connectivity index (χ3n) is 2.74. The molecule has 0 aromatic rings. The molecule has 0 spiro atoms. The Balaban J connectivity index is 2.24. The lowest BCUT2D eigenvalue weighted by Crippen LogP contribution is -2.41. The van der Waals surface area contributed by atoms with Gasteiger partial charge in [0.1, 0.15) is 0 Å². The molecule has 3 atom stereocenters. The summed E-state index contributed by atoms with van der Waals surface area (Å²) in [6, 6.07) is 0. The highest BCUT2D eigenvalue weighted by Crippen LogP contribution is 2.44. The van der Waals surface area contributed by atoms with Gasteiger partial charge in [-0.25, -0.2) is 0 Å². The molecule has 2 rings (SSSR count). The quantitative estimate of drug-likeness (QED) is 0.577. The van der Waals surface area contributed by atoms with Crippen LogP contribution in [0.4, 0.5) is 0 Å². The molecule has 2 bridgehead atoms. The normalized spacial score (nSPS) is 47.6. The van der Waals surface area contributed by atoms with Gasteiger partial charge in [-0.3, -0.25) is 0 Å². The molecule has 3 unspecified atom stereocenters. The molecule has 1 aliphatic carbocycles. The van der Waals surface area contributed by atoms with Crippen molar-refractivity contribution < 1.29 is 9.84 Å². The molecular formula is C9H14O2. The van der Waals surface area contributed by atoms with E-state index < -0.39 is 5.79 Å². The van der Waals surface area contributed by atoms with E-state index in [2.05, 4.69) is 6.08 Å². The van der Waals surface area contributed by atoms with Crippen LogP contribution in [0.15, 0.2) is 12.2 Å². The highest BCUT2D eigenvalue weighted by Gasteiger charge is 2.50. The van der Waals surface area contributed by atoms with Crippen molar-refractivity contribution in [1.29, 1.82) is 0 Å². The smallest absolute Gasteiger partial charge is 0.174 e. The van der Waals surface area contributed by atoms with Gasteiger partial charge in [0.25, 0.3) is 0 Å². The summed E-state index contributed by atoms with van der Waals surface area (Å²) in [6.45, 7) is 3.99. The van der Waals surface area contributed by atoms with E-state index in [4.69, 9.17) is 4.74 Å². The van der Waals surface area contributed by atoms with Gasteiger partial charge in [0.15, 0.2) is 5.79 Å². The summed E-state index contributed by atoms with van der Waals surface area (Å²) < 4.78 is 5.48. The molecule has 1 aliphatic heterocycles. The van der Waals surface area contributed by atoms with Crippen molar-refractivity contribution in [3.05, 3.63) is 12.2 Å². The van der Waals surface area contributed by atoms with Crippen LogP contribution in [-0.2, 0) is 4.74 Å². The Morgan fingerprint density at radius 2 is 2.27 bits per heavy atom. The van der Waals surface area contributed by atoms with E-state index >= 15 is 0 Å². The second-order valence-electron chi connectivity index (χ2n) is 3.79. The minimum atomic E-state index is -0.876. The first-order valence-electron chi connectivity index (χ1n) is 4.21. The number of ether oxygens (including phenoxy) is 1. The van der Waals surface area contributed by atoms with Crippen LogP contribution in [0.5, 0.6) is 0 Å². The van der Waals surface area contributed by atoms with Crippen molar-refractivity contribution in [3.8, 4) is 0 Å².